The largest absolute Gasteiger partial charge is 0.378 e. The van der Waals surface area contributed by atoms with Crippen molar-refractivity contribution >= 4 is 34.5 Å². The fraction of sp³-hybridized carbons (Fsp3) is 0.167. The predicted octanol–water partition coefficient (Wildman–Crippen LogP) is 4.87. The zero-order chi connectivity index (χ0) is 21.2. The predicted molar refractivity (Wildman–Crippen MR) is 122 cm³/mol. The van der Waals surface area contributed by atoms with Gasteiger partial charge in [0.15, 0.2) is 0 Å². The Kier molecular flexibility index (Phi) is 5.32. The molecule has 1 saturated heterocycles. The molecule has 1 aliphatic heterocycles. The van der Waals surface area contributed by atoms with Crippen LogP contribution in [-0.2, 0) is 4.74 Å². The van der Waals surface area contributed by atoms with Gasteiger partial charge in [0.05, 0.1) is 30.1 Å². The number of hydrogen-bond acceptors (Lipinski definition) is 4. The highest BCUT2D eigenvalue weighted by atomic mass is 35.5. The van der Waals surface area contributed by atoms with E-state index >= 15 is 0 Å². The molecule has 4 aromatic rings. The Bertz CT molecular complexity index is 1230. The van der Waals surface area contributed by atoms with E-state index in [1.807, 2.05) is 76.2 Å². The second-order valence-electron chi connectivity index (χ2n) is 7.38. The van der Waals surface area contributed by atoms with Crippen molar-refractivity contribution in [3.63, 3.8) is 0 Å². The average Bonchev–Trinajstić information content (AvgIpc) is 3.24. The van der Waals surface area contributed by atoms with Crippen LogP contribution in [0.2, 0.25) is 5.02 Å². The molecule has 1 N–H and O–H groups in total. The van der Waals surface area contributed by atoms with Crippen molar-refractivity contribution < 1.29 is 9.53 Å². The molecule has 1 aliphatic rings. The van der Waals surface area contributed by atoms with Crippen LogP contribution < -0.4 is 5.32 Å². The second-order valence-corrected chi connectivity index (χ2v) is 7.79. The molecule has 156 valence electrons. The summed E-state index contributed by atoms with van der Waals surface area (Å²) in [4.78, 5) is 19.2. The molecule has 0 radical (unpaired) electrons. The van der Waals surface area contributed by atoms with Crippen LogP contribution in [0, 0.1) is 0 Å². The van der Waals surface area contributed by atoms with E-state index < -0.39 is 0 Å². The lowest BCUT2D eigenvalue weighted by atomic mass is 10.1. The summed E-state index contributed by atoms with van der Waals surface area (Å²) in [5.74, 6) is -0.0320. The number of hydrogen-bond donors (Lipinski definition) is 1. The van der Waals surface area contributed by atoms with Gasteiger partial charge >= 0.3 is 0 Å². The van der Waals surface area contributed by atoms with Gasteiger partial charge in [-0.15, -0.1) is 0 Å². The summed E-state index contributed by atoms with van der Waals surface area (Å²) < 4.78 is 7.22. The summed E-state index contributed by atoms with van der Waals surface area (Å²) in [6.07, 6.45) is 3.59. The van der Waals surface area contributed by atoms with Crippen LogP contribution in [0.4, 0.5) is 11.4 Å². The topological polar surface area (TPSA) is 58.9 Å². The van der Waals surface area contributed by atoms with E-state index in [1.54, 1.807) is 6.20 Å². The van der Waals surface area contributed by atoms with Gasteiger partial charge in [0.1, 0.15) is 11.3 Å². The third-order valence-corrected chi connectivity index (χ3v) is 5.71. The molecule has 1 amide bonds. The van der Waals surface area contributed by atoms with Crippen LogP contribution in [0.1, 0.15) is 10.5 Å². The Morgan fingerprint density at radius 1 is 1.00 bits per heavy atom. The fourth-order valence-electron chi connectivity index (χ4n) is 3.72. The molecule has 3 heterocycles. The highest BCUT2D eigenvalue weighted by molar-refractivity contribution is 6.33. The number of fused-ring (bicyclic) bond motifs is 1. The summed E-state index contributed by atoms with van der Waals surface area (Å²) in [6.45, 7) is 2.32. The molecule has 0 saturated carbocycles. The Balaban J connectivity index is 1.49. The molecule has 31 heavy (non-hydrogen) atoms. The van der Waals surface area contributed by atoms with E-state index in [-0.39, 0.29) is 5.91 Å². The molecule has 2 aromatic carbocycles. The van der Waals surface area contributed by atoms with Gasteiger partial charge in [-0.3, -0.25) is 9.20 Å². The molecule has 0 aliphatic carbocycles. The number of amides is 1. The van der Waals surface area contributed by atoms with E-state index in [0.29, 0.717) is 37.0 Å². The SMILES string of the molecule is O=C(c1cnc2ccc(-c3ccc(Cl)c(Nc4ccccc4)c3)cn12)N1CCOCC1. The molecular weight excluding hydrogens is 412 g/mol. The number of rotatable bonds is 4. The van der Waals surface area contributed by atoms with Crippen molar-refractivity contribution in [2.75, 3.05) is 31.6 Å². The van der Waals surface area contributed by atoms with Gasteiger partial charge < -0.3 is 15.0 Å². The fourth-order valence-corrected chi connectivity index (χ4v) is 3.88. The third kappa shape index (κ3) is 4.00. The molecule has 0 bridgehead atoms. The van der Waals surface area contributed by atoms with E-state index in [0.717, 1.165) is 28.1 Å². The minimum atomic E-state index is -0.0320. The first-order valence-electron chi connectivity index (χ1n) is 10.2. The number of carbonyl (C=O) groups excluding carboxylic acids is 1. The smallest absolute Gasteiger partial charge is 0.272 e. The van der Waals surface area contributed by atoms with Crippen LogP contribution >= 0.6 is 11.6 Å². The van der Waals surface area contributed by atoms with Crippen molar-refractivity contribution in [1.82, 2.24) is 14.3 Å². The Morgan fingerprint density at radius 3 is 2.58 bits per heavy atom. The number of imidazole rings is 1. The van der Waals surface area contributed by atoms with Crippen molar-refractivity contribution in [3.05, 3.63) is 83.8 Å². The molecule has 0 unspecified atom stereocenters. The Hall–Kier alpha value is -3.35. The molecule has 5 rings (SSSR count). The molecule has 7 heteroatoms. The van der Waals surface area contributed by atoms with Crippen molar-refractivity contribution in [3.8, 4) is 11.1 Å². The standard InChI is InChI=1S/C24H21ClN4O2/c25-20-8-6-17(14-21(20)27-19-4-2-1-3-5-19)18-7-9-23-26-15-22(29(23)16-18)24(30)28-10-12-31-13-11-28/h1-9,14-16,27H,10-13H2. The maximum absolute atomic E-state index is 13.0. The van der Waals surface area contributed by atoms with Crippen molar-refractivity contribution in [2.45, 2.75) is 0 Å². The zero-order valence-electron chi connectivity index (χ0n) is 16.8. The van der Waals surface area contributed by atoms with Crippen LogP contribution in [0.3, 0.4) is 0 Å². The molecule has 1 fully saturated rings. The summed E-state index contributed by atoms with van der Waals surface area (Å²) in [5, 5.41) is 4.00. The molecule has 6 nitrogen and oxygen atoms in total. The second kappa shape index (κ2) is 8.41. The van der Waals surface area contributed by atoms with E-state index in [1.165, 1.54) is 0 Å². The number of pyridine rings is 1. The van der Waals surface area contributed by atoms with Crippen LogP contribution in [0.5, 0.6) is 0 Å². The molecule has 2 aromatic heterocycles. The van der Waals surface area contributed by atoms with Crippen LogP contribution in [0.25, 0.3) is 16.8 Å². The maximum Gasteiger partial charge on any atom is 0.272 e. The number of nitrogens with one attached hydrogen (secondary N) is 1. The number of halogens is 1. The van der Waals surface area contributed by atoms with Gasteiger partial charge in [0.2, 0.25) is 0 Å². The molecular formula is C24H21ClN4O2. The number of aromatic nitrogens is 2. The first kappa shape index (κ1) is 19.6. The zero-order valence-corrected chi connectivity index (χ0v) is 17.5. The number of benzene rings is 2. The summed E-state index contributed by atoms with van der Waals surface area (Å²) in [5.41, 5.74) is 5.02. The third-order valence-electron chi connectivity index (χ3n) is 5.38. The van der Waals surface area contributed by atoms with E-state index in [4.69, 9.17) is 16.3 Å². The van der Waals surface area contributed by atoms with Crippen molar-refractivity contribution in [2.24, 2.45) is 0 Å². The van der Waals surface area contributed by atoms with Crippen LogP contribution in [-0.4, -0.2) is 46.5 Å². The monoisotopic (exact) mass is 432 g/mol. The molecule has 0 atom stereocenters. The Morgan fingerprint density at radius 2 is 1.77 bits per heavy atom. The van der Waals surface area contributed by atoms with Gasteiger partial charge in [-0.2, -0.15) is 0 Å². The van der Waals surface area contributed by atoms with Gasteiger partial charge in [-0.1, -0.05) is 35.9 Å². The van der Waals surface area contributed by atoms with E-state index in [9.17, 15) is 4.79 Å². The number of para-hydroxylation sites is 1. The number of morpholine rings is 1. The summed E-state index contributed by atoms with van der Waals surface area (Å²) in [7, 11) is 0. The quantitative estimate of drug-likeness (QED) is 0.499. The lowest BCUT2D eigenvalue weighted by Gasteiger charge is -2.26. The first-order chi connectivity index (χ1) is 15.2. The number of nitrogens with zero attached hydrogens (tertiary/aromatic N) is 3. The van der Waals surface area contributed by atoms with Gasteiger partial charge in [0.25, 0.3) is 5.91 Å². The average molecular weight is 433 g/mol. The number of carbonyl (C=O) groups is 1. The van der Waals surface area contributed by atoms with Crippen LogP contribution in [0.15, 0.2) is 73.1 Å². The maximum atomic E-state index is 13.0. The minimum Gasteiger partial charge on any atom is -0.378 e. The minimum absolute atomic E-state index is 0.0320. The van der Waals surface area contributed by atoms with Gasteiger partial charge in [-0.05, 0) is 47.5 Å². The summed E-state index contributed by atoms with van der Waals surface area (Å²) >= 11 is 6.43. The first-order valence-corrected chi connectivity index (χ1v) is 10.5. The number of ether oxygens (including phenoxy) is 1. The normalized spacial score (nSPS) is 14.0. The van der Waals surface area contributed by atoms with Gasteiger partial charge in [0, 0.05) is 25.0 Å². The van der Waals surface area contributed by atoms with Gasteiger partial charge in [-0.25, -0.2) is 4.98 Å². The summed E-state index contributed by atoms with van der Waals surface area (Å²) in [6, 6.07) is 19.7. The lowest BCUT2D eigenvalue weighted by Crippen LogP contribution is -2.41. The Labute approximate surface area is 185 Å². The van der Waals surface area contributed by atoms with E-state index in [2.05, 4.69) is 10.3 Å². The molecule has 0 spiro atoms. The lowest BCUT2D eigenvalue weighted by molar-refractivity contribution is 0.0298. The highest BCUT2D eigenvalue weighted by Crippen LogP contribution is 2.31. The highest BCUT2D eigenvalue weighted by Gasteiger charge is 2.21. The van der Waals surface area contributed by atoms with Crippen molar-refractivity contribution in [1.29, 1.82) is 0 Å². The number of anilines is 2.